The van der Waals surface area contributed by atoms with E-state index in [2.05, 4.69) is 0 Å². The van der Waals surface area contributed by atoms with Crippen molar-refractivity contribution in [3.05, 3.63) is 35.4 Å². The Hall–Kier alpha value is -1.03. The van der Waals surface area contributed by atoms with Crippen molar-refractivity contribution in [1.82, 2.24) is 4.90 Å². The van der Waals surface area contributed by atoms with Crippen molar-refractivity contribution in [1.29, 1.82) is 0 Å². The van der Waals surface area contributed by atoms with Crippen molar-refractivity contribution in [2.24, 2.45) is 0 Å². The molecule has 0 bridgehead atoms. The lowest BCUT2D eigenvalue weighted by Crippen LogP contribution is -2.33. The number of hydrogen-bond acceptors (Lipinski definition) is 1. The molecule has 0 aliphatic heterocycles. The van der Waals surface area contributed by atoms with Crippen LogP contribution >= 0.6 is 0 Å². The molecule has 1 rings (SSSR count). The quantitative estimate of drug-likeness (QED) is 0.703. The van der Waals surface area contributed by atoms with Gasteiger partial charge in [-0.1, -0.05) is 31.2 Å². The zero-order valence-electron chi connectivity index (χ0n) is 8.80. The fourth-order valence-corrected chi connectivity index (χ4v) is 1.40. The predicted molar refractivity (Wildman–Crippen MR) is 53.3 cm³/mol. The molecule has 0 aliphatic rings. The van der Waals surface area contributed by atoms with Crippen molar-refractivity contribution < 1.29 is 13.2 Å². The van der Waals surface area contributed by atoms with Gasteiger partial charge < -0.3 is 0 Å². The monoisotopic (exact) mass is 217 g/mol. The van der Waals surface area contributed by atoms with Crippen LogP contribution in [0.4, 0.5) is 13.2 Å². The lowest BCUT2D eigenvalue weighted by Gasteiger charge is -2.21. The molecule has 0 unspecified atom stereocenters. The van der Waals surface area contributed by atoms with Crippen LogP contribution in [-0.2, 0) is 13.0 Å². The lowest BCUT2D eigenvalue weighted by molar-refractivity contribution is -0.240. The summed E-state index contributed by atoms with van der Waals surface area (Å²) in [6, 6.07) is 7.20. The molecule has 0 aliphatic carbocycles. The summed E-state index contributed by atoms with van der Waals surface area (Å²) in [6.45, 7) is 1.85. The van der Waals surface area contributed by atoms with E-state index in [-0.39, 0.29) is 6.54 Å². The van der Waals surface area contributed by atoms with Crippen LogP contribution < -0.4 is 0 Å². The van der Waals surface area contributed by atoms with Gasteiger partial charge in [0.1, 0.15) is 0 Å². The average molecular weight is 217 g/mol. The second-order valence-corrected chi connectivity index (χ2v) is 3.45. The summed E-state index contributed by atoms with van der Waals surface area (Å²) >= 11 is 0. The highest BCUT2D eigenvalue weighted by Gasteiger charge is 2.33. The van der Waals surface area contributed by atoms with E-state index >= 15 is 0 Å². The molecule has 0 heterocycles. The molecule has 0 atom stereocenters. The summed E-state index contributed by atoms with van der Waals surface area (Å²) in [4.78, 5) is 0.390. The summed E-state index contributed by atoms with van der Waals surface area (Å²) in [5.74, 6) is 0. The summed E-state index contributed by atoms with van der Waals surface area (Å²) in [5.41, 5.74) is 1.70. The molecule has 0 amide bonds. The van der Waals surface area contributed by atoms with E-state index in [1.54, 1.807) is 12.1 Å². The van der Waals surface area contributed by atoms with Gasteiger partial charge in [-0.15, -0.1) is 0 Å². The molecule has 4 heteroatoms. The summed E-state index contributed by atoms with van der Waals surface area (Å²) in [6.07, 6.45) is -3.51. The fraction of sp³-hybridized carbons (Fsp3) is 0.455. The zero-order chi connectivity index (χ0) is 11.5. The van der Waals surface area contributed by atoms with Gasteiger partial charge >= 0.3 is 6.30 Å². The summed E-state index contributed by atoms with van der Waals surface area (Å²) in [7, 11) is 1.06. The molecule has 1 nitrogen and oxygen atoms in total. The van der Waals surface area contributed by atoms with Crippen LogP contribution in [0.25, 0.3) is 0 Å². The lowest BCUT2D eigenvalue weighted by atomic mass is 10.1. The number of hydrogen-bond donors (Lipinski definition) is 0. The zero-order valence-corrected chi connectivity index (χ0v) is 8.80. The van der Waals surface area contributed by atoms with E-state index in [1.165, 1.54) is 0 Å². The van der Waals surface area contributed by atoms with Gasteiger partial charge in [-0.3, -0.25) is 0 Å². The Labute approximate surface area is 87.5 Å². The first kappa shape index (κ1) is 12.0. The molecule has 0 aromatic heterocycles. The number of aryl methyl sites for hydroxylation is 1. The first-order valence-corrected chi connectivity index (χ1v) is 4.80. The van der Waals surface area contributed by atoms with Gasteiger partial charge in [0.15, 0.2) is 0 Å². The Morgan fingerprint density at radius 1 is 1.13 bits per heavy atom. The Morgan fingerprint density at radius 3 is 2.13 bits per heavy atom. The Bertz CT molecular complexity index is 320. The Morgan fingerprint density at radius 2 is 1.67 bits per heavy atom. The van der Waals surface area contributed by atoms with Gasteiger partial charge in [-0.2, -0.15) is 13.2 Å². The topological polar surface area (TPSA) is 3.24 Å². The van der Waals surface area contributed by atoms with Crippen LogP contribution in [0.1, 0.15) is 18.1 Å². The Balaban J connectivity index is 2.80. The molecule has 0 saturated carbocycles. The number of alkyl halides is 3. The second kappa shape index (κ2) is 4.66. The van der Waals surface area contributed by atoms with Crippen molar-refractivity contribution in [3.8, 4) is 0 Å². The van der Waals surface area contributed by atoms with Crippen LogP contribution in [0, 0.1) is 0 Å². The highest BCUT2D eigenvalue weighted by molar-refractivity contribution is 5.26. The van der Waals surface area contributed by atoms with Crippen LogP contribution in [-0.4, -0.2) is 18.2 Å². The highest BCUT2D eigenvalue weighted by atomic mass is 19.4. The minimum Gasteiger partial charge on any atom is -0.213 e. The second-order valence-electron chi connectivity index (χ2n) is 3.45. The van der Waals surface area contributed by atoms with Gasteiger partial charge in [0.2, 0.25) is 0 Å². The maximum atomic E-state index is 12.3. The third-order valence-corrected chi connectivity index (χ3v) is 2.34. The molecular weight excluding hydrogens is 203 g/mol. The third-order valence-electron chi connectivity index (χ3n) is 2.34. The van der Waals surface area contributed by atoms with Crippen LogP contribution in [0.3, 0.4) is 0 Å². The fourth-order valence-electron chi connectivity index (χ4n) is 1.40. The molecule has 15 heavy (non-hydrogen) atoms. The van der Waals surface area contributed by atoms with E-state index in [0.717, 1.165) is 24.6 Å². The molecule has 0 N–H and O–H groups in total. The van der Waals surface area contributed by atoms with Crippen LogP contribution in [0.15, 0.2) is 24.3 Å². The van der Waals surface area contributed by atoms with Crippen molar-refractivity contribution in [3.63, 3.8) is 0 Å². The number of nitrogens with zero attached hydrogens (tertiary/aromatic N) is 1. The first-order valence-electron chi connectivity index (χ1n) is 4.80. The van der Waals surface area contributed by atoms with Crippen molar-refractivity contribution >= 4 is 0 Å². The standard InChI is InChI=1S/C11H14F3N/c1-3-9-6-4-5-7-10(9)8-15(2)11(12,13)14/h4-7H,3,8H2,1-2H3. The maximum Gasteiger partial charge on any atom is 0.459 e. The van der Waals surface area contributed by atoms with Crippen molar-refractivity contribution in [2.75, 3.05) is 7.05 Å². The van der Waals surface area contributed by atoms with E-state index in [0.29, 0.717) is 4.90 Å². The molecular formula is C11H14F3N. The molecule has 0 fully saturated rings. The van der Waals surface area contributed by atoms with Gasteiger partial charge in [0, 0.05) is 6.54 Å². The summed E-state index contributed by atoms with van der Waals surface area (Å²) in [5, 5.41) is 0. The molecule has 84 valence electrons. The van der Waals surface area contributed by atoms with E-state index < -0.39 is 6.30 Å². The minimum atomic E-state index is -4.26. The average Bonchev–Trinajstić information content (AvgIpc) is 2.17. The van der Waals surface area contributed by atoms with Crippen LogP contribution in [0.2, 0.25) is 0 Å². The van der Waals surface area contributed by atoms with E-state index in [1.807, 2.05) is 19.1 Å². The maximum absolute atomic E-state index is 12.3. The van der Waals surface area contributed by atoms with Gasteiger partial charge in [0.05, 0.1) is 0 Å². The molecule has 0 radical (unpaired) electrons. The molecule has 0 spiro atoms. The highest BCUT2D eigenvalue weighted by Crippen LogP contribution is 2.22. The van der Waals surface area contributed by atoms with Crippen LogP contribution in [0.5, 0.6) is 0 Å². The smallest absolute Gasteiger partial charge is 0.213 e. The van der Waals surface area contributed by atoms with Gasteiger partial charge in [-0.05, 0) is 24.6 Å². The van der Waals surface area contributed by atoms with Gasteiger partial charge in [-0.25, -0.2) is 4.90 Å². The number of benzene rings is 1. The molecule has 0 saturated heterocycles. The largest absolute Gasteiger partial charge is 0.459 e. The normalized spacial score (nSPS) is 12.1. The Kier molecular flexibility index (Phi) is 3.74. The van der Waals surface area contributed by atoms with E-state index in [4.69, 9.17) is 0 Å². The SMILES string of the molecule is CCc1ccccc1CN(C)C(F)(F)F. The first-order chi connectivity index (χ1) is 6.95. The van der Waals surface area contributed by atoms with Gasteiger partial charge in [0.25, 0.3) is 0 Å². The predicted octanol–water partition coefficient (Wildman–Crippen LogP) is 3.20. The number of rotatable bonds is 3. The van der Waals surface area contributed by atoms with E-state index in [9.17, 15) is 13.2 Å². The van der Waals surface area contributed by atoms with Crippen molar-refractivity contribution in [2.45, 2.75) is 26.2 Å². The minimum absolute atomic E-state index is 0.0898. The third kappa shape index (κ3) is 3.23. The summed E-state index contributed by atoms with van der Waals surface area (Å²) < 4.78 is 36.9. The molecule has 1 aromatic carbocycles. The number of halogens is 3. The molecule has 1 aromatic rings.